The lowest BCUT2D eigenvalue weighted by Crippen LogP contribution is -2.28. The number of carbonyl (C=O) groups is 1. The van der Waals surface area contributed by atoms with Gasteiger partial charge in [-0.05, 0) is 43.1 Å². The number of thioether (sulfide) groups is 1. The van der Waals surface area contributed by atoms with Crippen molar-refractivity contribution in [2.45, 2.75) is 32.6 Å². The van der Waals surface area contributed by atoms with Crippen LogP contribution in [-0.4, -0.2) is 46.9 Å². The van der Waals surface area contributed by atoms with E-state index in [0.717, 1.165) is 29.7 Å². The van der Waals surface area contributed by atoms with Gasteiger partial charge in [-0.2, -0.15) is 8.42 Å². The van der Waals surface area contributed by atoms with Crippen LogP contribution in [0.5, 0.6) is 0 Å². The molecule has 1 saturated heterocycles. The van der Waals surface area contributed by atoms with Crippen LogP contribution in [0.1, 0.15) is 38.2 Å². The van der Waals surface area contributed by atoms with E-state index in [4.69, 9.17) is 16.8 Å². The van der Waals surface area contributed by atoms with Crippen LogP contribution in [0.15, 0.2) is 53.6 Å². The quantitative estimate of drug-likeness (QED) is 0.240. The standard InChI is InChI=1S/C22H26N2O4S3/c1-2-3-14-24-21(25)20(30-22(24)29)11-10-17-12-15-23(13-6-7-16-31(26,27)28)19-9-5-4-8-18(17)19/h4-5,8-12,15H,2-3,6-7,13-14,16H2,1H3,(H,26,27,28). The zero-order chi connectivity index (χ0) is 22.4. The van der Waals surface area contributed by atoms with E-state index in [0.29, 0.717) is 35.2 Å². The smallest absolute Gasteiger partial charge is 0.266 e. The Morgan fingerprint density at radius 1 is 1.13 bits per heavy atom. The summed E-state index contributed by atoms with van der Waals surface area (Å²) in [6, 6.07) is 7.96. The molecule has 1 aromatic rings. The molecule has 0 unspecified atom stereocenters. The average molecular weight is 479 g/mol. The van der Waals surface area contributed by atoms with Crippen LogP contribution >= 0.6 is 24.0 Å². The lowest BCUT2D eigenvalue weighted by atomic mass is 9.99. The fourth-order valence-electron chi connectivity index (χ4n) is 3.40. The Hall–Kier alpha value is -1.94. The van der Waals surface area contributed by atoms with Gasteiger partial charge in [-0.15, -0.1) is 0 Å². The normalized spacial score (nSPS) is 19.0. The number of para-hydroxylation sites is 1. The zero-order valence-electron chi connectivity index (χ0n) is 17.4. The number of amides is 1. The molecule has 9 heteroatoms. The molecule has 1 aromatic carbocycles. The second-order valence-electron chi connectivity index (χ2n) is 7.35. The van der Waals surface area contributed by atoms with E-state index in [9.17, 15) is 13.2 Å². The number of benzene rings is 1. The molecule has 0 radical (unpaired) electrons. The molecule has 31 heavy (non-hydrogen) atoms. The predicted octanol–water partition coefficient (Wildman–Crippen LogP) is 4.62. The molecule has 0 atom stereocenters. The van der Waals surface area contributed by atoms with Gasteiger partial charge in [0.15, 0.2) is 0 Å². The molecule has 0 aromatic heterocycles. The summed E-state index contributed by atoms with van der Waals surface area (Å²) >= 11 is 6.70. The first-order valence-corrected chi connectivity index (χ1v) is 13.1. The van der Waals surface area contributed by atoms with Gasteiger partial charge >= 0.3 is 0 Å². The van der Waals surface area contributed by atoms with Crippen molar-refractivity contribution >= 4 is 55.6 Å². The first kappa shape index (κ1) is 23.7. The molecule has 2 heterocycles. The lowest BCUT2D eigenvalue weighted by molar-refractivity contribution is -0.122. The minimum Gasteiger partial charge on any atom is -0.347 e. The summed E-state index contributed by atoms with van der Waals surface area (Å²) in [6.07, 6.45) is 10.7. The van der Waals surface area contributed by atoms with Gasteiger partial charge in [0.1, 0.15) is 4.32 Å². The summed E-state index contributed by atoms with van der Waals surface area (Å²) in [4.78, 5) is 17.0. The lowest BCUT2D eigenvalue weighted by Gasteiger charge is -2.27. The van der Waals surface area contributed by atoms with Gasteiger partial charge in [0.2, 0.25) is 0 Å². The Kier molecular flexibility index (Phi) is 8.10. The molecule has 0 bridgehead atoms. The number of rotatable bonds is 9. The molecule has 0 aliphatic carbocycles. The number of anilines is 1. The first-order valence-electron chi connectivity index (χ1n) is 10.2. The van der Waals surface area contributed by atoms with E-state index in [1.807, 2.05) is 48.7 Å². The maximum absolute atomic E-state index is 12.6. The number of fused-ring (bicyclic) bond motifs is 1. The highest BCUT2D eigenvalue weighted by molar-refractivity contribution is 8.26. The third-order valence-corrected chi connectivity index (χ3v) is 7.23. The van der Waals surface area contributed by atoms with Gasteiger partial charge in [0, 0.05) is 30.5 Å². The van der Waals surface area contributed by atoms with Crippen molar-refractivity contribution in [1.29, 1.82) is 0 Å². The van der Waals surface area contributed by atoms with Gasteiger partial charge in [-0.1, -0.05) is 61.6 Å². The van der Waals surface area contributed by atoms with Crippen molar-refractivity contribution in [2.24, 2.45) is 0 Å². The van der Waals surface area contributed by atoms with Crippen molar-refractivity contribution < 1.29 is 17.8 Å². The topological polar surface area (TPSA) is 77.9 Å². The Bertz CT molecular complexity index is 1040. The van der Waals surface area contributed by atoms with Crippen molar-refractivity contribution in [3.05, 3.63) is 59.2 Å². The van der Waals surface area contributed by atoms with Gasteiger partial charge < -0.3 is 4.90 Å². The van der Waals surface area contributed by atoms with Crippen molar-refractivity contribution in [3.63, 3.8) is 0 Å². The molecule has 1 N–H and O–H groups in total. The van der Waals surface area contributed by atoms with Crippen LogP contribution in [0.25, 0.3) is 5.57 Å². The molecular formula is C22H26N2O4S3. The van der Waals surface area contributed by atoms with Gasteiger partial charge in [-0.3, -0.25) is 14.2 Å². The summed E-state index contributed by atoms with van der Waals surface area (Å²) in [5.74, 6) is -0.262. The Morgan fingerprint density at radius 2 is 1.90 bits per heavy atom. The fraction of sp³-hybridized carbons (Fsp3) is 0.364. The zero-order valence-corrected chi connectivity index (χ0v) is 19.8. The monoisotopic (exact) mass is 478 g/mol. The van der Waals surface area contributed by atoms with E-state index < -0.39 is 10.1 Å². The number of hydrogen-bond acceptors (Lipinski definition) is 6. The summed E-state index contributed by atoms with van der Waals surface area (Å²) in [6.45, 7) is 3.39. The van der Waals surface area contributed by atoms with Crippen LogP contribution in [-0.2, 0) is 14.9 Å². The maximum atomic E-state index is 12.6. The predicted molar refractivity (Wildman–Crippen MR) is 131 cm³/mol. The molecule has 2 aliphatic rings. The van der Waals surface area contributed by atoms with Crippen LogP contribution in [0.4, 0.5) is 5.69 Å². The third kappa shape index (κ3) is 6.29. The summed E-state index contributed by atoms with van der Waals surface area (Å²) in [5, 5.41) is 0. The maximum Gasteiger partial charge on any atom is 0.266 e. The van der Waals surface area contributed by atoms with Crippen LogP contribution in [0.2, 0.25) is 0 Å². The average Bonchev–Trinajstić information content (AvgIpc) is 3.00. The minimum atomic E-state index is -3.92. The number of hydrogen-bond donors (Lipinski definition) is 1. The van der Waals surface area contributed by atoms with Crippen LogP contribution in [0, 0.1) is 0 Å². The van der Waals surface area contributed by atoms with E-state index in [1.165, 1.54) is 11.8 Å². The molecule has 6 nitrogen and oxygen atoms in total. The SMILES string of the molecule is CCCCN1C(=O)C(=CC=C2C=CN(CCCCS(=O)(=O)O)c3ccccc32)SC1=S. The van der Waals surface area contributed by atoms with Crippen LogP contribution < -0.4 is 4.90 Å². The highest BCUT2D eigenvalue weighted by Gasteiger charge is 2.31. The number of thiocarbonyl (C=S) groups is 1. The van der Waals surface area contributed by atoms with E-state index >= 15 is 0 Å². The molecular weight excluding hydrogens is 452 g/mol. The van der Waals surface area contributed by atoms with E-state index in [-0.39, 0.29) is 11.7 Å². The minimum absolute atomic E-state index is 0.0335. The molecule has 0 spiro atoms. The van der Waals surface area contributed by atoms with Crippen molar-refractivity contribution in [1.82, 2.24) is 4.90 Å². The summed E-state index contributed by atoms with van der Waals surface area (Å²) in [5.41, 5.74) is 3.05. The van der Waals surface area contributed by atoms with E-state index in [2.05, 4.69) is 11.8 Å². The number of unbranched alkanes of at least 4 members (excludes halogenated alkanes) is 2. The van der Waals surface area contributed by atoms with Gasteiger partial charge in [-0.25, -0.2) is 0 Å². The molecule has 1 amide bonds. The van der Waals surface area contributed by atoms with Gasteiger partial charge in [0.25, 0.3) is 16.0 Å². The van der Waals surface area contributed by atoms with Crippen molar-refractivity contribution in [3.8, 4) is 0 Å². The Labute approximate surface area is 193 Å². The molecule has 3 rings (SSSR count). The molecule has 0 saturated carbocycles. The Morgan fingerprint density at radius 3 is 2.65 bits per heavy atom. The highest BCUT2D eigenvalue weighted by atomic mass is 32.2. The number of nitrogens with zero attached hydrogens (tertiary/aromatic N) is 2. The summed E-state index contributed by atoms with van der Waals surface area (Å²) in [7, 11) is -3.92. The first-order chi connectivity index (χ1) is 14.8. The fourth-order valence-corrected chi connectivity index (χ4v) is 5.22. The molecule has 1 fully saturated rings. The number of allylic oxidation sites excluding steroid dienone is 4. The van der Waals surface area contributed by atoms with Gasteiger partial charge in [0.05, 0.1) is 10.7 Å². The molecule has 2 aliphatic heterocycles. The van der Waals surface area contributed by atoms with Crippen molar-refractivity contribution in [2.75, 3.05) is 23.7 Å². The highest BCUT2D eigenvalue weighted by Crippen LogP contribution is 2.35. The largest absolute Gasteiger partial charge is 0.347 e. The second-order valence-corrected chi connectivity index (χ2v) is 10.6. The Balaban J connectivity index is 1.73. The third-order valence-electron chi connectivity index (χ3n) is 5.03. The molecule has 166 valence electrons. The summed E-state index contributed by atoms with van der Waals surface area (Å²) < 4.78 is 31.3. The number of carbonyl (C=O) groups excluding carboxylic acids is 1. The van der Waals surface area contributed by atoms with E-state index in [1.54, 1.807) is 4.90 Å². The second kappa shape index (κ2) is 10.6. The van der Waals surface area contributed by atoms with Crippen LogP contribution in [0.3, 0.4) is 0 Å².